The van der Waals surface area contributed by atoms with Gasteiger partial charge in [0.1, 0.15) is 5.69 Å². The van der Waals surface area contributed by atoms with Crippen molar-refractivity contribution in [3.8, 4) is 0 Å². The zero-order valence-corrected chi connectivity index (χ0v) is 10.6. The number of aliphatic carboxylic acids is 1. The standard InChI is InChI=1S/C12H18N2O4/c1-7(2)14-6-4-5-9(14)11(16)13-10(8(3)15)12(17)18/h4-8,10,15H,1-3H3,(H,13,16)(H,17,18). The van der Waals surface area contributed by atoms with Crippen LogP contribution in [-0.4, -0.2) is 38.8 Å². The molecule has 0 aliphatic heterocycles. The lowest BCUT2D eigenvalue weighted by atomic mass is 10.2. The Bertz CT molecular complexity index is 437. The first-order valence-electron chi connectivity index (χ1n) is 5.73. The maximum atomic E-state index is 11.9. The molecular weight excluding hydrogens is 236 g/mol. The molecule has 1 heterocycles. The number of aliphatic hydroxyl groups is 1. The van der Waals surface area contributed by atoms with Crippen LogP contribution >= 0.6 is 0 Å². The van der Waals surface area contributed by atoms with Crippen LogP contribution in [0.1, 0.15) is 37.3 Å². The smallest absolute Gasteiger partial charge is 0.328 e. The second-order valence-corrected chi connectivity index (χ2v) is 4.42. The van der Waals surface area contributed by atoms with E-state index < -0.39 is 24.0 Å². The molecule has 0 aliphatic carbocycles. The minimum atomic E-state index is -1.31. The number of carbonyl (C=O) groups is 2. The highest BCUT2D eigenvalue weighted by molar-refractivity contribution is 5.95. The highest BCUT2D eigenvalue weighted by Gasteiger charge is 2.26. The third-order valence-corrected chi connectivity index (χ3v) is 2.60. The summed E-state index contributed by atoms with van der Waals surface area (Å²) in [5.41, 5.74) is 0.372. The number of rotatable bonds is 5. The molecular formula is C12H18N2O4. The van der Waals surface area contributed by atoms with E-state index in [9.17, 15) is 14.7 Å². The van der Waals surface area contributed by atoms with E-state index in [-0.39, 0.29) is 6.04 Å². The molecule has 0 bridgehead atoms. The van der Waals surface area contributed by atoms with Crippen LogP contribution in [0.2, 0.25) is 0 Å². The molecule has 1 rings (SSSR count). The molecule has 0 saturated carbocycles. The molecule has 2 atom stereocenters. The van der Waals surface area contributed by atoms with Gasteiger partial charge in [0.2, 0.25) is 0 Å². The number of aromatic nitrogens is 1. The normalized spacial score (nSPS) is 14.3. The van der Waals surface area contributed by atoms with Gasteiger partial charge in [-0.15, -0.1) is 0 Å². The van der Waals surface area contributed by atoms with E-state index in [2.05, 4.69) is 5.32 Å². The summed E-state index contributed by atoms with van der Waals surface area (Å²) in [6.45, 7) is 5.15. The van der Waals surface area contributed by atoms with Crippen molar-refractivity contribution >= 4 is 11.9 Å². The van der Waals surface area contributed by atoms with Gasteiger partial charge in [0.25, 0.3) is 5.91 Å². The van der Waals surface area contributed by atoms with E-state index in [1.807, 2.05) is 13.8 Å². The fraction of sp³-hybridized carbons (Fsp3) is 0.500. The Hall–Kier alpha value is -1.82. The highest BCUT2D eigenvalue weighted by atomic mass is 16.4. The van der Waals surface area contributed by atoms with Gasteiger partial charge < -0.3 is 20.1 Å². The van der Waals surface area contributed by atoms with Gasteiger partial charge in [-0.3, -0.25) is 4.79 Å². The van der Waals surface area contributed by atoms with Crippen LogP contribution in [0.4, 0.5) is 0 Å². The van der Waals surface area contributed by atoms with Gasteiger partial charge in [-0.05, 0) is 32.9 Å². The van der Waals surface area contributed by atoms with Gasteiger partial charge in [0.05, 0.1) is 6.10 Å². The predicted molar refractivity (Wildman–Crippen MR) is 65.4 cm³/mol. The van der Waals surface area contributed by atoms with Gasteiger partial charge in [-0.1, -0.05) is 0 Å². The molecule has 6 heteroatoms. The molecule has 0 spiro atoms. The molecule has 0 aliphatic rings. The van der Waals surface area contributed by atoms with Crippen molar-refractivity contribution in [3.05, 3.63) is 24.0 Å². The largest absolute Gasteiger partial charge is 0.480 e. The number of aliphatic hydroxyl groups excluding tert-OH is 1. The van der Waals surface area contributed by atoms with E-state index in [4.69, 9.17) is 5.11 Å². The predicted octanol–water partition coefficient (Wildman–Crippen LogP) is 0.633. The summed E-state index contributed by atoms with van der Waals surface area (Å²) in [6.07, 6.45) is 0.589. The molecule has 0 fully saturated rings. The van der Waals surface area contributed by atoms with Crippen molar-refractivity contribution in [2.75, 3.05) is 0 Å². The van der Waals surface area contributed by atoms with Crippen LogP contribution in [-0.2, 0) is 4.79 Å². The Morgan fingerprint density at radius 2 is 1.94 bits per heavy atom. The van der Waals surface area contributed by atoms with E-state index in [0.717, 1.165) is 0 Å². The average Bonchev–Trinajstić information content (AvgIpc) is 2.73. The zero-order valence-electron chi connectivity index (χ0n) is 10.6. The van der Waals surface area contributed by atoms with Gasteiger partial charge in [0, 0.05) is 12.2 Å². The Kier molecular flexibility index (Phi) is 4.49. The van der Waals surface area contributed by atoms with E-state index in [0.29, 0.717) is 5.69 Å². The van der Waals surface area contributed by atoms with Gasteiger partial charge in [0.15, 0.2) is 6.04 Å². The Morgan fingerprint density at radius 1 is 1.33 bits per heavy atom. The molecule has 6 nitrogen and oxygen atoms in total. The lowest BCUT2D eigenvalue weighted by molar-refractivity contribution is -0.141. The van der Waals surface area contributed by atoms with Crippen molar-refractivity contribution in [3.63, 3.8) is 0 Å². The molecule has 3 N–H and O–H groups in total. The first-order chi connectivity index (χ1) is 8.34. The summed E-state index contributed by atoms with van der Waals surface area (Å²) in [7, 11) is 0. The zero-order chi connectivity index (χ0) is 13.9. The molecule has 1 aromatic heterocycles. The fourth-order valence-electron chi connectivity index (χ4n) is 1.64. The Balaban J connectivity index is 2.87. The van der Waals surface area contributed by atoms with Gasteiger partial charge in [-0.25, -0.2) is 4.79 Å². The monoisotopic (exact) mass is 254 g/mol. The molecule has 0 aromatic carbocycles. The lowest BCUT2D eigenvalue weighted by Gasteiger charge is -2.18. The summed E-state index contributed by atoms with van der Waals surface area (Å²) in [6, 6.07) is 2.10. The van der Waals surface area contributed by atoms with Crippen molar-refractivity contribution in [2.24, 2.45) is 0 Å². The van der Waals surface area contributed by atoms with Crippen LogP contribution in [0, 0.1) is 0 Å². The van der Waals surface area contributed by atoms with Crippen molar-refractivity contribution in [2.45, 2.75) is 39.0 Å². The molecule has 0 radical (unpaired) electrons. The van der Waals surface area contributed by atoms with E-state index in [1.165, 1.54) is 6.92 Å². The molecule has 1 aromatic rings. The number of nitrogens with zero attached hydrogens (tertiary/aromatic N) is 1. The first kappa shape index (κ1) is 14.2. The van der Waals surface area contributed by atoms with Crippen molar-refractivity contribution in [1.29, 1.82) is 0 Å². The lowest BCUT2D eigenvalue weighted by Crippen LogP contribution is -2.48. The highest BCUT2D eigenvalue weighted by Crippen LogP contribution is 2.11. The Labute approximate surface area is 105 Å². The summed E-state index contributed by atoms with van der Waals surface area (Å²) < 4.78 is 1.73. The van der Waals surface area contributed by atoms with Crippen molar-refractivity contribution in [1.82, 2.24) is 9.88 Å². The fourth-order valence-corrected chi connectivity index (χ4v) is 1.64. The number of carboxylic acid groups (broad SMARTS) is 1. The second-order valence-electron chi connectivity index (χ2n) is 4.42. The van der Waals surface area contributed by atoms with E-state index >= 15 is 0 Å². The first-order valence-corrected chi connectivity index (χ1v) is 5.73. The molecule has 18 heavy (non-hydrogen) atoms. The summed E-state index contributed by atoms with van der Waals surface area (Å²) >= 11 is 0. The average molecular weight is 254 g/mol. The maximum absolute atomic E-state index is 11.9. The number of amides is 1. The summed E-state index contributed by atoms with van der Waals surface area (Å²) in [4.78, 5) is 22.8. The Morgan fingerprint density at radius 3 is 2.39 bits per heavy atom. The third-order valence-electron chi connectivity index (χ3n) is 2.60. The quantitative estimate of drug-likeness (QED) is 0.718. The number of nitrogens with one attached hydrogen (secondary N) is 1. The van der Waals surface area contributed by atoms with Crippen LogP contribution in [0.25, 0.3) is 0 Å². The van der Waals surface area contributed by atoms with Gasteiger partial charge >= 0.3 is 5.97 Å². The number of carbonyl (C=O) groups excluding carboxylic acids is 1. The minimum absolute atomic E-state index is 0.0931. The maximum Gasteiger partial charge on any atom is 0.328 e. The number of hydrogen-bond acceptors (Lipinski definition) is 3. The number of carboxylic acids is 1. The molecule has 1 amide bonds. The van der Waals surface area contributed by atoms with Crippen LogP contribution < -0.4 is 5.32 Å². The van der Waals surface area contributed by atoms with Crippen LogP contribution in [0.3, 0.4) is 0 Å². The topological polar surface area (TPSA) is 91.6 Å². The molecule has 0 saturated heterocycles. The number of hydrogen-bond donors (Lipinski definition) is 3. The van der Waals surface area contributed by atoms with Crippen molar-refractivity contribution < 1.29 is 19.8 Å². The van der Waals surface area contributed by atoms with E-state index in [1.54, 1.807) is 22.9 Å². The summed E-state index contributed by atoms with van der Waals surface area (Å²) in [5.74, 6) is -1.77. The van der Waals surface area contributed by atoms with Crippen LogP contribution in [0.15, 0.2) is 18.3 Å². The summed E-state index contributed by atoms with van der Waals surface area (Å²) in [5, 5.41) is 20.5. The SMILES string of the molecule is CC(O)C(NC(=O)c1cccn1C(C)C)C(=O)O. The molecule has 100 valence electrons. The minimum Gasteiger partial charge on any atom is -0.480 e. The second kappa shape index (κ2) is 5.68. The third kappa shape index (κ3) is 3.10. The van der Waals surface area contributed by atoms with Crippen LogP contribution in [0.5, 0.6) is 0 Å². The van der Waals surface area contributed by atoms with Gasteiger partial charge in [-0.2, -0.15) is 0 Å². The molecule has 2 unspecified atom stereocenters.